The van der Waals surface area contributed by atoms with E-state index in [0.717, 1.165) is 78.5 Å². The minimum atomic E-state index is -0.594. The second-order valence-electron chi connectivity index (χ2n) is 19.2. The van der Waals surface area contributed by atoms with Crippen LogP contribution in [0.2, 0.25) is 0 Å². The Bertz CT molecular complexity index is 1590. The molecule has 2 aromatic carbocycles. The lowest BCUT2D eigenvalue weighted by atomic mass is 9.53. The summed E-state index contributed by atoms with van der Waals surface area (Å²) in [6.07, 6.45) is 13.3. The fourth-order valence-corrected chi connectivity index (χ4v) is 11.8. The smallest absolute Gasteiger partial charge is 0.315 e. The largest absolute Gasteiger partial charge is 0.392 e. The van der Waals surface area contributed by atoms with E-state index in [0.29, 0.717) is 25.0 Å². The lowest BCUT2D eigenvalue weighted by Gasteiger charge is -2.56. The zero-order chi connectivity index (χ0) is 37.6. The highest BCUT2D eigenvalue weighted by molar-refractivity contribution is 5.82. The van der Waals surface area contributed by atoms with E-state index in [2.05, 4.69) is 84.9 Å². The fourth-order valence-electron chi connectivity index (χ4n) is 11.8. The van der Waals surface area contributed by atoms with Crippen LogP contribution < -0.4 is 16.0 Å². The summed E-state index contributed by atoms with van der Waals surface area (Å²) in [6.45, 7) is 9.50. The van der Waals surface area contributed by atoms with Gasteiger partial charge in [-0.25, -0.2) is 4.79 Å². The van der Waals surface area contributed by atoms with Crippen LogP contribution in [0, 0.1) is 29.6 Å². The number of hydrogen-bond acceptors (Lipinski definition) is 6. The Kier molecular flexibility index (Phi) is 10.9. The molecule has 5 saturated carbocycles. The van der Waals surface area contributed by atoms with Gasteiger partial charge in [0.05, 0.1) is 24.9 Å². The highest BCUT2D eigenvalue weighted by Crippen LogP contribution is 2.55. The van der Waals surface area contributed by atoms with Gasteiger partial charge in [-0.2, -0.15) is 0 Å². The summed E-state index contributed by atoms with van der Waals surface area (Å²) in [5.41, 5.74) is 3.57. The minimum absolute atomic E-state index is 0.00359. The van der Waals surface area contributed by atoms with Crippen LogP contribution in [0.15, 0.2) is 48.5 Å². The summed E-state index contributed by atoms with van der Waals surface area (Å²) >= 11 is 0. The number of aliphatic hydroxyl groups is 1. The molecule has 4 N–H and O–H groups in total. The monoisotopic (exact) mass is 740 g/mol. The van der Waals surface area contributed by atoms with Crippen molar-refractivity contribution < 1.29 is 24.2 Å². The van der Waals surface area contributed by atoms with E-state index in [1.54, 1.807) is 0 Å². The molecule has 0 unspecified atom stereocenters. The van der Waals surface area contributed by atoms with Crippen molar-refractivity contribution in [2.45, 2.75) is 160 Å². The van der Waals surface area contributed by atoms with Gasteiger partial charge in [0.2, 0.25) is 5.91 Å². The Morgan fingerprint density at radius 3 is 2.11 bits per heavy atom. The predicted molar refractivity (Wildman–Crippen MR) is 209 cm³/mol. The van der Waals surface area contributed by atoms with Crippen LogP contribution in [0.4, 0.5) is 4.79 Å². The van der Waals surface area contributed by atoms with Crippen molar-refractivity contribution in [2.75, 3.05) is 6.54 Å². The van der Waals surface area contributed by atoms with Crippen molar-refractivity contribution >= 4 is 11.9 Å². The van der Waals surface area contributed by atoms with Gasteiger partial charge in [0, 0.05) is 41.7 Å². The molecule has 7 aliphatic rings. The maximum atomic E-state index is 13.9. The van der Waals surface area contributed by atoms with Crippen molar-refractivity contribution in [2.24, 2.45) is 29.6 Å². The van der Waals surface area contributed by atoms with E-state index in [9.17, 15) is 14.7 Å². The third-order valence-electron chi connectivity index (χ3n) is 13.9. The Labute approximate surface area is 322 Å². The van der Waals surface area contributed by atoms with Gasteiger partial charge in [-0.1, -0.05) is 68.3 Å². The second kappa shape index (κ2) is 15.5. The molecule has 294 valence electrons. The first-order valence-electron chi connectivity index (χ1n) is 21.2. The van der Waals surface area contributed by atoms with Crippen molar-refractivity contribution in [1.29, 1.82) is 0 Å². The Morgan fingerprint density at radius 2 is 1.46 bits per heavy atom. The molecule has 0 spiro atoms. The van der Waals surface area contributed by atoms with Gasteiger partial charge in [0.25, 0.3) is 0 Å². The van der Waals surface area contributed by atoms with Crippen LogP contribution in [0.1, 0.15) is 139 Å². The van der Waals surface area contributed by atoms with Gasteiger partial charge in [-0.15, -0.1) is 0 Å². The van der Waals surface area contributed by atoms with E-state index in [1.807, 2.05) is 12.1 Å². The van der Waals surface area contributed by atoms with Crippen molar-refractivity contribution in [1.82, 2.24) is 20.9 Å². The number of amides is 3. The number of nitrogens with zero attached hydrogens (tertiary/aromatic N) is 1. The van der Waals surface area contributed by atoms with Gasteiger partial charge in [0.1, 0.15) is 0 Å². The predicted octanol–water partition coefficient (Wildman–Crippen LogP) is 7.68. The molecule has 2 aliphatic heterocycles. The second-order valence-corrected chi connectivity index (χ2v) is 19.2. The Hall–Kier alpha value is -2.98. The van der Waals surface area contributed by atoms with E-state index in [4.69, 9.17) is 9.47 Å². The molecule has 2 aromatic rings. The van der Waals surface area contributed by atoms with Crippen molar-refractivity contribution in [3.8, 4) is 0 Å². The first kappa shape index (κ1) is 37.9. The normalized spacial score (nSPS) is 36.3. The van der Waals surface area contributed by atoms with Crippen molar-refractivity contribution in [3.05, 3.63) is 70.8 Å². The van der Waals surface area contributed by atoms with E-state index >= 15 is 0 Å². The number of urea groups is 1. The standard InChI is InChI=1S/C45H64N4O5/c1-28-39(26-49-37-8-6-5-7-34(37)17-18-38(49)41(51)47-44(2,3)4)53-42(54-40(28)35-13-11-30(27-50)12-14-35)36-15-9-29(10-16-36)25-46-43(52)48-45-22-31-19-32(23-45)21-33(20-31)24-45/h9-16,28,31-34,37-40,42,50H,5-8,17-27H2,1-4H3,(H,47,51)(H2,46,48,52)/t28-,31?,32?,33?,34-,37-,38-,39+,40+,42+,45?/m1/s1. The van der Waals surface area contributed by atoms with Gasteiger partial charge < -0.3 is 30.5 Å². The molecule has 7 fully saturated rings. The maximum absolute atomic E-state index is 13.9. The van der Waals surface area contributed by atoms with Gasteiger partial charge >= 0.3 is 6.03 Å². The molecular weight excluding hydrogens is 677 g/mol. The summed E-state index contributed by atoms with van der Waals surface area (Å²) in [6, 6.07) is 16.4. The number of benzene rings is 2. The highest BCUT2D eigenvalue weighted by Gasteiger charge is 2.52. The zero-order valence-corrected chi connectivity index (χ0v) is 33.0. The van der Waals surface area contributed by atoms with Crippen molar-refractivity contribution in [3.63, 3.8) is 0 Å². The minimum Gasteiger partial charge on any atom is -0.392 e. The molecule has 7 atom stereocenters. The number of aliphatic hydroxyl groups excluding tert-OH is 1. The third-order valence-corrected chi connectivity index (χ3v) is 13.9. The lowest BCUT2D eigenvalue weighted by Crippen LogP contribution is -2.61. The van der Waals surface area contributed by atoms with Crippen LogP contribution in [0.3, 0.4) is 0 Å². The van der Waals surface area contributed by atoms with Gasteiger partial charge in [0.15, 0.2) is 6.29 Å². The van der Waals surface area contributed by atoms with Gasteiger partial charge in [-0.05, 0) is 125 Å². The summed E-state index contributed by atoms with van der Waals surface area (Å²) in [4.78, 5) is 29.6. The molecule has 0 radical (unpaired) electrons. The van der Waals surface area contributed by atoms with Gasteiger partial charge in [-0.3, -0.25) is 9.69 Å². The number of carbonyl (C=O) groups is 2. The molecule has 54 heavy (non-hydrogen) atoms. The number of piperidine rings is 1. The maximum Gasteiger partial charge on any atom is 0.315 e. The molecule has 9 heteroatoms. The molecule has 2 saturated heterocycles. The average molecular weight is 741 g/mol. The zero-order valence-electron chi connectivity index (χ0n) is 33.0. The van der Waals surface area contributed by atoms with Crippen LogP contribution in [0.5, 0.6) is 0 Å². The van der Waals surface area contributed by atoms with Crippen LogP contribution in [0.25, 0.3) is 0 Å². The number of likely N-dealkylation sites (tertiary alicyclic amines) is 1. The number of nitrogens with one attached hydrogen (secondary N) is 3. The Balaban J connectivity index is 0.983. The van der Waals surface area contributed by atoms with Crippen LogP contribution in [-0.4, -0.2) is 57.8 Å². The molecule has 9 rings (SSSR count). The first-order valence-corrected chi connectivity index (χ1v) is 21.2. The fraction of sp³-hybridized carbons (Fsp3) is 0.689. The molecule has 4 bridgehead atoms. The topological polar surface area (TPSA) is 112 Å². The third kappa shape index (κ3) is 8.25. The average Bonchev–Trinajstić information content (AvgIpc) is 3.13. The quantitative estimate of drug-likeness (QED) is 0.210. The molecule has 9 nitrogen and oxygen atoms in total. The van der Waals surface area contributed by atoms with E-state index in [1.165, 1.54) is 38.5 Å². The van der Waals surface area contributed by atoms with Crippen LogP contribution in [-0.2, 0) is 27.4 Å². The number of hydrogen-bond donors (Lipinski definition) is 4. The Morgan fingerprint density at radius 1 is 0.833 bits per heavy atom. The molecule has 0 aromatic heterocycles. The summed E-state index contributed by atoms with van der Waals surface area (Å²) < 4.78 is 13.8. The number of carbonyl (C=O) groups excluding carboxylic acids is 2. The summed E-state index contributed by atoms with van der Waals surface area (Å²) in [7, 11) is 0. The molecule has 2 heterocycles. The summed E-state index contributed by atoms with van der Waals surface area (Å²) in [5, 5.41) is 19.6. The number of ether oxygens (including phenoxy) is 2. The molecule has 3 amide bonds. The lowest BCUT2D eigenvalue weighted by molar-refractivity contribution is -0.278. The van der Waals surface area contributed by atoms with Crippen LogP contribution >= 0.6 is 0 Å². The molecular formula is C45H64N4O5. The highest BCUT2D eigenvalue weighted by atomic mass is 16.7. The number of rotatable bonds is 9. The van der Waals surface area contributed by atoms with E-state index < -0.39 is 6.29 Å². The SMILES string of the molecule is C[C@@H]1[C@H](CN2[C@@H](C(=O)NC(C)(C)C)CC[C@H]3CCCC[C@H]32)O[C@H](c2ccc(CNC(=O)NC34CC5CC(CC(C5)C3)C4)cc2)O[C@@H]1c1ccc(CO)cc1. The van der Waals surface area contributed by atoms with E-state index in [-0.39, 0.29) is 53.8 Å². The number of fused-ring (bicyclic) bond motifs is 1. The summed E-state index contributed by atoms with van der Waals surface area (Å²) in [5.74, 6) is 3.11. The molecule has 5 aliphatic carbocycles. The first-order chi connectivity index (χ1) is 25.9.